The van der Waals surface area contributed by atoms with Gasteiger partial charge in [0.05, 0.1) is 26.4 Å². The lowest BCUT2D eigenvalue weighted by Crippen LogP contribution is -2.23. The molecule has 0 spiro atoms. The van der Waals surface area contributed by atoms with Gasteiger partial charge in [0.1, 0.15) is 11.5 Å². The van der Waals surface area contributed by atoms with Gasteiger partial charge in [0, 0.05) is 17.5 Å². The molecule has 0 unspecified atom stereocenters. The number of hydrogen-bond donors (Lipinski definition) is 1. The maximum absolute atomic E-state index is 12.9. The van der Waals surface area contributed by atoms with E-state index in [1.807, 2.05) is 0 Å². The van der Waals surface area contributed by atoms with E-state index in [2.05, 4.69) is 0 Å². The van der Waals surface area contributed by atoms with Crippen LogP contribution in [0, 0.1) is 0 Å². The van der Waals surface area contributed by atoms with Gasteiger partial charge in [0.15, 0.2) is 23.0 Å². The Bertz CT molecular complexity index is 1010. The van der Waals surface area contributed by atoms with Crippen molar-refractivity contribution in [3.05, 3.63) is 46.7 Å². The highest BCUT2D eigenvalue weighted by atomic mass is 16.7. The van der Waals surface area contributed by atoms with Gasteiger partial charge in [-0.3, -0.25) is 0 Å². The highest BCUT2D eigenvalue weighted by Crippen LogP contribution is 2.51. The Hall–Kier alpha value is -3.55. The molecule has 0 saturated heterocycles. The first-order valence-corrected chi connectivity index (χ1v) is 9.42. The fourth-order valence-corrected chi connectivity index (χ4v) is 3.73. The number of fused-ring (bicyclic) bond motifs is 2. The van der Waals surface area contributed by atoms with E-state index in [0.29, 0.717) is 39.7 Å². The standard InChI is InChI=1S/C22H22O8/c1-5-27-22(24)19-11(2)30-14-9-16-15(28-10-29-16)8-13(14)20(19)12-6-17(25-3)21(23)18(7-12)26-4/h6-9,20,23H,5,10H2,1-4H3/t20-/m0/s1. The largest absolute Gasteiger partial charge is 0.502 e. The molecule has 1 atom stereocenters. The van der Waals surface area contributed by atoms with Crippen LogP contribution in [-0.2, 0) is 9.53 Å². The van der Waals surface area contributed by atoms with Gasteiger partial charge in [-0.25, -0.2) is 4.79 Å². The summed E-state index contributed by atoms with van der Waals surface area (Å²) in [6.45, 7) is 3.78. The number of phenols is 1. The van der Waals surface area contributed by atoms with Crippen molar-refractivity contribution in [3.63, 3.8) is 0 Å². The van der Waals surface area contributed by atoms with Gasteiger partial charge in [-0.1, -0.05) is 0 Å². The lowest BCUT2D eigenvalue weighted by atomic mass is 9.81. The number of aromatic hydroxyl groups is 1. The zero-order valence-corrected chi connectivity index (χ0v) is 17.1. The first-order valence-electron chi connectivity index (χ1n) is 9.42. The molecule has 0 saturated carbocycles. The molecule has 2 aliphatic rings. The highest BCUT2D eigenvalue weighted by Gasteiger charge is 2.37. The van der Waals surface area contributed by atoms with Crippen molar-refractivity contribution in [2.45, 2.75) is 19.8 Å². The number of hydrogen-bond acceptors (Lipinski definition) is 8. The predicted octanol–water partition coefficient (Wildman–Crippen LogP) is 3.50. The van der Waals surface area contributed by atoms with Crippen LogP contribution < -0.4 is 23.7 Å². The SMILES string of the molecule is CCOC(=O)C1=C(C)Oc2cc3c(cc2[C@@H]1c1cc(OC)c(O)c(OC)c1)OCO3. The van der Waals surface area contributed by atoms with Gasteiger partial charge < -0.3 is 33.5 Å². The molecular weight excluding hydrogens is 392 g/mol. The molecule has 8 heteroatoms. The molecule has 2 aliphatic heterocycles. The Balaban J connectivity index is 1.95. The zero-order chi connectivity index (χ0) is 21.4. The summed E-state index contributed by atoms with van der Waals surface area (Å²) in [7, 11) is 2.89. The lowest BCUT2D eigenvalue weighted by molar-refractivity contribution is -0.139. The molecule has 158 valence electrons. The smallest absolute Gasteiger partial charge is 0.338 e. The lowest BCUT2D eigenvalue weighted by Gasteiger charge is -2.29. The van der Waals surface area contributed by atoms with Crippen LogP contribution in [0.15, 0.2) is 35.6 Å². The number of methoxy groups -OCH3 is 2. The van der Waals surface area contributed by atoms with Crippen molar-refractivity contribution in [1.82, 2.24) is 0 Å². The van der Waals surface area contributed by atoms with Crippen LogP contribution in [0.2, 0.25) is 0 Å². The second-order valence-electron chi connectivity index (χ2n) is 6.74. The second kappa shape index (κ2) is 7.70. The first kappa shape index (κ1) is 19.8. The number of allylic oxidation sites excluding steroid dienone is 1. The van der Waals surface area contributed by atoms with Crippen molar-refractivity contribution in [2.75, 3.05) is 27.6 Å². The average molecular weight is 414 g/mol. The summed E-state index contributed by atoms with van der Waals surface area (Å²) in [4.78, 5) is 12.9. The number of phenolic OH excluding ortho intramolecular Hbond substituents is 1. The van der Waals surface area contributed by atoms with Crippen LogP contribution in [0.25, 0.3) is 0 Å². The quantitative estimate of drug-likeness (QED) is 0.744. The van der Waals surface area contributed by atoms with E-state index >= 15 is 0 Å². The maximum atomic E-state index is 12.9. The monoisotopic (exact) mass is 414 g/mol. The molecule has 0 fully saturated rings. The van der Waals surface area contributed by atoms with Crippen LogP contribution in [0.4, 0.5) is 0 Å². The Kier molecular flexibility index (Phi) is 5.07. The summed E-state index contributed by atoms with van der Waals surface area (Å²) in [6.07, 6.45) is 0. The topological polar surface area (TPSA) is 92.7 Å². The highest BCUT2D eigenvalue weighted by molar-refractivity contribution is 5.93. The minimum absolute atomic E-state index is 0.112. The van der Waals surface area contributed by atoms with E-state index in [1.165, 1.54) is 14.2 Å². The number of rotatable bonds is 5. The van der Waals surface area contributed by atoms with Crippen molar-refractivity contribution in [3.8, 4) is 34.5 Å². The van der Waals surface area contributed by atoms with Gasteiger partial charge in [-0.2, -0.15) is 0 Å². The van der Waals surface area contributed by atoms with Crippen LogP contribution in [0.1, 0.15) is 30.9 Å². The summed E-state index contributed by atoms with van der Waals surface area (Å²) in [5.74, 6) is 1.35. The number of carbonyl (C=O) groups is 1. The van der Waals surface area contributed by atoms with Crippen molar-refractivity contribution in [2.24, 2.45) is 0 Å². The normalized spacial score (nSPS) is 16.6. The number of esters is 1. The molecule has 0 bridgehead atoms. The molecule has 0 amide bonds. The Morgan fingerprint density at radius 1 is 1.07 bits per heavy atom. The fourth-order valence-electron chi connectivity index (χ4n) is 3.73. The zero-order valence-electron chi connectivity index (χ0n) is 17.1. The van der Waals surface area contributed by atoms with E-state index in [0.717, 1.165) is 0 Å². The average Bonchev–Trinajstić information content (AvgIpc) is 3.19. The fraction of sp³-hybridized carbons (Fsp3) is 0.318. The van der Waals surface area contributed by atoms with Crippen LogP contribution >= 0.6 is 0 Å². The van der Waals surface area contributed by atoms with Gasteiger partial charge >= 0.3 is 5.97 Å². The van der Waals surface area contributed by atoms with Gasteiger partial charge in [0.25, 0.3) is 0 Å². The van der Waals surface area contributed by atoms with E-state index in [1.54, 1.807) is 38.1 Å². The molecule has 2 aromatic carbocycles. The number of benzene rings is 2. The van der Waals surface area contributed by atoms with Crippen molar-refractivity contribution >= 4 is 5.97 Å². The minimum atomic E-state index is -0.564. The number of carbonyl (C=O) groups excluding carboxylic acids is 1. The third-order valence-electron chi connectivity index (χ3n) is 5.08. The second-order valence-corrected chi connectivity index (χ2v) is 6.74. The molecule has 4 rings (SSSR count). The molecule has 2 heterocycles. The van der Waals surface area contributed by atoms with Crippen LogP contribution in [-0.4, -0.2) is 38.7 Å². The van der Waals surface area contributed by atoms with Crippen molar-refractivity contribution in [1.29, 1.82) is 0 Å². The van der Waals surface area contributed by atoms with E-state index in [9.17, 15) is 9.90 Å². The molecule has 0 aliphatic carbocycles. The first-order chi connectivity index (χ1) is 14.5. The minimum Gasteiger partial charge on any atom is -0.502 e. The summed E-state index contributed by atoms with van der Waals surface area (Å²) < 4.78 is 32.9. The summed E-state index contributed by atoms with van der Waals surface area (Å²) in [6, 6.07) is 6.86. The molecule has 1 N–H and O–H groups in total. The predicted molar refractivity (Wildman–Crippen MR) is 106 cm³/mol. The Morgan fingerprint density at radius 2 is 1.70 bits per heavy atom. The van der Waals surface area contributed by atoms with E-state index < -0.39 is 11.9 Å². The molecule has 8 nitrogen and oxygen atoms in total. The molecule has 2 aromatic rings. The van der Waals surface area contributed by atoms with Gasteiger partial charge in [-0.05, 0) is 37.6 Å². The van der Waals surface area contributed by atoms with Crippen molar-refractivity contribution < 1.29 is 38.3 Å². The summed E-state index contributed by atoms with van der Waals surface area (Å²) in [5, 5.41) is 10.3. The number of ether oxygens (including phenoxy) is 6. The summed E-state index contributed by atoms with van der Waals surface area (Å²) in [5.41, 5.74) is 1.70. The molecule has 0 aromatic heterocycles. The third-order valence-corrected chi connectivity index (χ3v) is 5.08. The third kappa shape index (κ3) is 3.14. The van der Waals surface area contributed by atoms with Crippen LogP contribution in [0.5, 0.6) is 34.5 Å². The van der Waals surface area contributed by atoms with Gasteiger partial charge in [-0.15, -0.1) is 0 Å². The van der Waals surface area contributed by atoms with Gasteiger partial charge in [0.2, 0.25) is 12.5 Å². The Labute approximate surface area is 173 Å². The Morgan fingerprint density at radius 3 is 2.30 bits per heavy atom. The van der Waals surface area contributed by atoms with E-state index in [4.69, 9.17) is 28.4 Å². The van der Waals surface area contributed by atoms with Crippen LogP contribution in [0.3, 0.4) is 0 Å². The summed E-state index contributed by atoms with van der Waals surface area (Å²) >= 11 is 0. The molecule has 30 heavy (non-hydrogen) atoms. The van der Waals surface area contributed by atoms with E-state index in [-0.39, 0.29) is 30.6 Å². The maximum Gasteiger partial charge on any atom is 0.338 e. The molecular formula is C22H22O8. The molecule has 0 radical (unpaired) electrons.